The zero-order chi connectivity index (χ0) is 11.6. The summed E-state index contributed by atoms with van der Waals surface area (Å²) in [7, 11) is 0. The predicted molar refractivity (Wildman–Crippen MR) is 68.3 cm³/mol. The van der Waals surface area contributed by atoms with Crippen LogP contribution < -0.4 is 0 Å². The minimum absolute atomic E-state index is 0.0808. The lowest BCUT2D eigenvalue weighted by molar-refractivity contribution is -0.116. The maximum Gasteiger partial charge on any atom is 0.144 e. The average Bonchev–Trinajstić information content (AvgIpc) is 2.19. The van der Waals surface area contributed by atoms with Crippen LogP contribution in [0.25, 0.3) is 0 Å². The molecule has 0 N–H and O–H groups in total. The quantitative estimate of drug-likeness (QED) is 0.754. The summed E-state index contributed by atoms with van der Waals surface area (Å²) in [5, 5.41) is 1.05. The SMILES string of the molecule is CC(=O)C(Br)C(C)c1ccc(Cl)c(Cl)c1. The van der Waals surface area contributed by atoms with Gasteiger partial charge in [-0.2, -0.15) is 0 Å². The van der Waals surface area contributed by atoms with Crippen LogP contribution in [-0.4, -0.2) is 10.6 Å². The summed E-state index contributed by atoms with van der Waals surface area (Å²) >= 11 is 15.1. The van der Waals surface area contributed by atoms with Gasteiger partial charge in [-0.05, 0) is 24.6 Å². The summed E-state index contributed by atoms with van der Waals surface area (Å²) in [6, 6.07) is 5.43. The number of halogens is 3. The minimum Gasteiger partial charge on any atom is -0.299 e. The highest BCUT2D eigenvalue weighted by atomic mass is 79.9. The standard InChI is InChI=1S/C11H11BrCl2O/c1-6(11(12)7(2)15)8-3-4-9(13)10(14)5-8/h3-6,11H,1-2H3. The summed E-state index contributed by atoms with van der Waals surface area (Å²) < 4.78 is 0. The predicted octanol–water partition coefficient (Wildman–Crippen LogP) is 4.45. The summed E-state index contributed by atoms with van der Waals surface area (Å²) in [6.45, 7) is 3.54. The van der Waals surface area contributed by atoms with Crippen LogP contribution in [-0.2, 0) is 4.79 Å². The molecule has 2 unspecified atom stereocenters. The van der Waals surface area contributed by atoms with Gasteiger partial charge >= 0.3 is 0 Å². The van der Waals surface area contributed by atoms with E-state index in [0.717, 1.165) is 5.56 Å². The average molecular weight is 310 g/mol. The number of carbonyl (C=O) groups excluding carboxylic acids is 1. The number of alkyl halides is 1. The number of ketones is 1. The van der Waals surface area contributed by atoms with E-state index in [4.69, 9.17) is 23.2 Å². The van der Waals surface area contributed by atoms with E-state index in [0.29, 0.717) is 10.0 Å². The molecule has 1 aromatic carbocycles. The normalized spacial score (nSPS) is 14.7. The van der Waals surface area contributed by atoms with Gasteiger partial charge in [-0.25, -0.2) is 0 Å². The van der Waals surface area contributed by atoms with Crippen molar-refractivity contribution < 1.29 is 4.79 Å². The van der Waals surface area contributed by atoms with Gasteiger partial charge in [0.25, 0.3) is 0 Å². The van der Waals surface area contributed by atoms with Crippen LogP contribution >= 0.6 is 39.1 Å². The molecule has 0 spiro atoms. The first-order chi connectivity index (χ1) is 6.93. The molecule has 15 heavy (non-hydrogen) atoms. The monoisotopic (exact) mass is 308 g/mol. The van der Waals surface area contributed by atoms with Gasteiger partial charge in [-0.1, -0.05) is 52.1 Å². The van der Waals surface area contributed by atoms with Crippen molar-refractivity contribution in [3.8, 4) is 0 Å². The Morgan fingerprint density at radius 2 is 1.93 bits per heavy atom. The molecule has 0 saturated heterocycles. The lowest BCUT2D eigenvalue weighted by Gasteiger charge is -2.16. The smallest absolute Gasteiger partial charge is 0.144 e. The van der Waals surface area contributed by atoms with Crippen LogP contribution in [0.3, 0.4) is 0 Å². The molecule has 1 rings (SSSR count). The zero-order valence-electron chi connectivity index (χ0n) is 8.43. The van der Waals surface area contributed by atoms with Crippen molar-refractivity contribution >= 4 is 44.9 Å². The zero-order valence-corrected chi connectivity index (χ0v) is 11.5. The van der Waals surface area contributed by atoms with Crippen molar-refractivity contribution in [2.75, 3.05) is 0 Å². The molecule has 0 aliphatic rings. The molecule has 0 aliphatic heterocycles. The van der Waals surface area contributed by atoms with E-state index < -0.39 is 0 Å². The van der Waals surface area contributed by atoms with E-state index in [1.165, 1.54) is 0 Å². The molecule has 0 bridgehead atoms. The van der Waals surface area contributed by atoms with Crippen molar-refractivity contribution in [3.05, 3.63) is 33.8 Å². The third kappa shape index (κ3) is 3.20. The van der Waals surface area contributed by atoms with E-state index in [9.17, 15) is 4.79 Å². The Morgan fingerprint density at radius 3 is 2.40 bits per heavy atom. The van der Waals surface area contributed by atoms with Gasteiger partial charge in [0.1, 0.15) is 5.78 Å². The third-order valence-corrected chi connectivity index (χ3v) is 4.47. The summed E-state index contributed by atoms with van der Waals surface area (Å²) in [4.78, 5) is 11.0. The Kier molecular flexibility index (Phi) is 4.63. The van der Waals surface area contributed by atoms with Crippen molar-refractivity contribution in [1.29, 1.82) is 0 Å². The Labute approximate surface area is 108 Å². The molecule has 82 valence electrons. The van der Waals surface area contributed by atoms with Crippen molar-refractivity contribution in [3.63, 3.8) is 0 Å². The number of rotatable bonds is 3. The van der Waals surface area contributed by atoms with E-state index >= 15 is 0 Å². The number of hydrogen-bond acceptors (Lipinski definition) is 1. The first-order valence-corrected chi connectivity index (χ1v) is 6.20. The van der Waals surface area contributed by atoms with E-state index in [1.807, 2.05) is 13.0 Å². The van der Waals surface area contributed by atoms with Gasteiger partial charge in [0.05, 0.1) is 14.9 Å². The topological polar surface area (TPSA) is 17.1 Å². The lowest BCUT2D eigenvalue weighted by Crippen LogP contribution is -2.17. The Hall–Kier alpha value is -0.0500. The molecule has 1 aromatic rings. The van der Waals surface area contributed by atoms with Gasteiger partial charge < -0.3 is 0 Å². The summed E-state index contributed by atoms with van der Waals surface area (Å²) in [6.07, 6.45) is 0. The van der Waals surface area contributed by atoms with Crippen LogP contribution in [0.4, 0.5) is 0 Å². The first-order valence-electron chi connectivity index (χ1n) is 4.53. The number of hydrogen-bond donors (Lipinski definition) is 0. The Morgan fingerprint density at radius 1 is 1.33 bits per heavy atom. The largest absolute Gasteiger partial charge is 0.299 e. The molecule has 0 fully saturated rings. The van der Waals surface area contributed by atoms with Crippen LogP contribution in [0.5, 0.6) is 0 Å². The van der Waals surface area contributed by atoms with Crippen molar-refractivity contribution in [1.82, 2.24) is 0 Å². The lowest BCUT2D eigenvalue weighted by atomic mass is 9.96. The van der Waals surface area contributed by atoms with Crippen LogP contribution in [0.15, 0.2) is 18.2 Å². The number of Topliss-reactive ketones (excluding diaryl/α,β-unsaturated/α-hetero) is 1. The molecule has 1 nitrogen and oxygen atoms in total. The molecule has 2 atom stereocenters. The minimum atomic E-state index is -0.185. The summed E-state index contributed by atoms with van der Waals surface area (Å²) in [5.41, 5.74) is 1.00. The van der Waals surface area contributed by atoms with Crippen molar-refractivity contribution in [2.45, 2.75) is 24.6 Å². The van der Waals surface area contributed by atoms with Gasteiger partial charge in [0.2, 0.25) is 0 Å². The number of carbonyl (C=O) groups is 1. The molecule has 0 heterocycles. The third-order valence-electron chi connectivity index (χ3n) is 2.30. The maximum atomic E-state index is 11.2. The maximum absolute atomic E-state index is 11.2. The highest BCUT2D eigenvalue weighted by molar-refractivity contribution is 9.10. The molecular weight excluding hydrogens is 299 g/mol. The first kappa shape index (κ1) is 13.0. The van der Waals surface area contributed by atoms with Gasteiger partial charge in [0, 0.05) is 5.92 Å². The molecule has 0 amide bonds. The van der Waals surface area contributed by atoms with Gasteiger partial charge in [-0.15, -0.1) is 0 Å². The molecule has 0 aliphatic carbocycles. The molecule has 4 heteroatoms. The fourth-order valence-electron chi connectivity index (χ4n) is 1.32. The van der Waals surface area contributed by atoms with Crippen molar-refractivity contribution in [2.24, 2.45) is 0 Å². The van der Waals surface area contributed by atoms with Crippen LogP contribution in [0.1, 0.15) is 25.3 Å². The van der Waals surface area contributed by atoms with E-state index in [2.05, 4.69) is 15.9 Å². The van der Waals surface area contributed by atoms with Gasteiger partial charge in [-0.3, -0.25) is 4.79 Å². The van der Waals surface area contributed by atoms with E-state index in [1.54, 1.807) is 19.1 Å². The second-order valence-electron chi connectivity index (χ2n) is 3.47. The van der Waals surface area contributed by atoms with Crippen LogP contribution in [0, 0.1) is 0 Å². The molecule has 0 saturated carbocycles. The highest BCUT2D eigenvalue weighted by Gasteiger charge is 2.20. The molecule has 0 aromatic heterocycles. The van der Waals surface area contributed by atoms with Gasteiger partial charge in [0.15, 0.2) is 0 Å². The fraction of sp³-hybridized carbons (Fsp3) is 0.364. The number of benzene rings is 1. The fourth-order valence-corrected chi connectivity index (χ4v) is 1.93. The Bertz CT molecular complexity index is 379. The Balaban J connectivity index is 2.96. The molecule has 0 radical (unpaired) electrons. The molecular formula is C11H11BrCl2O. The highest BCUT2D eigenvalue weighted by Crippen LogP contribution is 2.30. The van der Waals surface area contributed by atoms with Crippen LogP contribution in [0.2, 0.25) is 10.0 Å². The summed E-state index contributed by atoms with van der Waals surface area (Å²) in [5.74, 6) is 0.186. The second-order valence-corrected chi connectivity index (χ2v) is 5.28. The second kappa shape index (κ2) is 5.33. The van der Waals surface area contributed by atoms with E-state index in [-0.39, 0.29) is 16.5 Å².